The van der Waals surface area contributed by atoms with Crippen molar-refractivity contribution in [3.8, 4) is 5.75 Å². The summed E-state index contributed by atoms with van der Waals surface area (Å²) < 4.78 is 34.9. The topological polar surface area (TPSA) is 87.5 Å². The SMILES string of the molecule is Cc1cccn2cc(COc3ccc(C(=O)N4CCN(S(=O)(=O)N(C)C)CC4)cc3)nc12. The summed E-state index contributed by atoms with van der Waals surface area (Å²) in [5.41, 5.74) is 3.38. The van der Waals surface area contributed by atoms with Crippen molar-refractivity contribution in [2.75, 3.05) is 40.3 Å². The molecule has 1 saturated heterocycles. The second-order valence-electron chi connectivity index (χ2n) is 7.95. The number of carbonyl (C=O) groups excluding carboxylic acids is 1. The second kappa shape index (κ2) is 8.89. The van der Waals surface area contributed by atoms with Gasteiger partial charge in [-0.15, -0.1) is 0 Å². The first-order valence-corrected chi connectivity index (χ1v) is 11.8. The van der Waals surface area contributed by atoms with E-state index in [9.17, 15) is 13.2 Å². The van der Waals surface area contributed by atoms with Crippen molar-refractivity contribution in [1.29, 1.82) is 0 Å². The maximum Gasteiger partial charge on any atom is 0.281 e. The molecule has 0 aliphatic carbocycles. The predicted molar refractivity (Wildman–Crippen MR) is 121 cm³/mol. The number of rotatable bonds is 6. The smallest absolute Gasteiger partial charge is 0.281 e. The number of ether oxygens (including phenoxy) is 1. The fourth-order valence-corrected chi connectivity index (χ4v) is 4.75. The van der Waals surface area contributed by atoms with E-state index >= 15 is 0 Å². The second-order valence-corrected chi connectivity index (χ2v) is 10.1. The van der Waals surface area contributed by atoms with Crippen LogP contribution in [0, 0.1) is 6.92 Å². The number of carbonyl (C=O) groups is 1. The van der Waals surface area contributed by atoms with E-state index in [4.69, 9.17) is 4.74 Å². The summed E-state index contributed by atoms with van der Waals surface area (Å²) in [6.45, 7) is 3.63. The van der Waals surface area contributed by atoms with E-state index in [1.165, 1.54) is 22.7 Å². The molecule has 1 aromatic carbocycles. The number of hydrogen-bond acceptors (Lipinski definition) is 5. The van der Waals surface area contributed by atoms with E-state index in [1.54, 1.807) is 29.2 Å². The molecule has 32 heavy (non-hydrogen) atoms. The highest BCUT2D eigenvalue weighted by Crippen LogP contribution is 2.18. The van der Waals surface area contributed by atoms with Gasteiger partial charge in [-0.05, 0) is 42.8 Å². The molecule has 1 fully saturated rings. The zero-order valence-corrected chi connectivity index (χ0v) is 19.2. The summed E-state index contributed by atoms with van der Waals surface area (Å²) in [6, 6.07) is 11.0. The van der Waals surface area contributed by atoms with Crippen molar-refractivity contribution in [3.05, 3.63) is 65.6 Å². The summed E-state index contributed by atoms with van der Waals surface area (Å²) in [7, 11) is -0.441. The molecule has 0 N–H and O–H groups in total. The average molecular weight is 458 g/mol. The third-order valence-corrected chi connectivity index (χ3v) is 7.47. The van der Waals surface area contributed by atoms with Crippen LogP contribution < -0.4 is 4.74 Å². The number of benzene rings is 1. The van der Waals surface area contributed by atoms with Crippen LogP contribution in [-0.4, -0.2) is 77.5 Å². The first kappa shape index (κ1) is 22.3. The summed E-state index contributed by atoms with van der Waals surface area (Å²) >= 11 is 0. The minimum atomic E-state index is -3.45. The molecule has 0 radical (unpaired) electrons. The molecule has 0 unspecified atom stereocenters. The van der Waals surface area contributed by atoms with Crippen molar-refractivity contribution in [3.63, 3.8) is 0 Å². The lowest BCUT2D eigenvalue weighted by atomic mass is 10.2. The molecule has 0 spiro atoms. The van der Waals surface area contributed by atoms with Crippen LogP contribution in [0.15, 0.2) is 48.8 Å². The zero-order valence-electron chi connectivity index (χ0n) is 18.4. The normalized spacial score (nSPS) is 15.4. The van der Waals surface area contributed by atoms with Gasteiger partial charge in [-0.3, -0.25) is 4.79 Å². The van der Waals surface area contributed by atoms with Crippen LogP contribution in [0.1, 0.15) is 21.6 Å². The first-order valence-electron chi connectivity index (χ1n) is 10.4. The molecular formula is C22H27N5O4S. The molecule has 3 heterocycles. The van der Waals surface area contributed by atoms with Gasteiger partial charge in [-0.2, -0.15) is 17.0 Å². The van der Waals surface area contributed by atoms with E-state index in [0.717, 1.165) is 16.9 Å². The Morgan fingerprint density at radius 1 is 1.09 bits per heavy atom. The number of aromatic nitrogens is 2. The van der Waals surface area contributed by atoms with Crippen molar-refractivity contribution in [1.82, 2.24) is 22.9 Å². The highest BCUT2D eigenvalue weighted by Gasteiger charge is 2.30. The van der Waals surface area contributed by atoms with Gasteiger partial charge in [0.1, 0.15) is 18.0 Å². The maximum absolute atomic E-state index is 12.8. The largest absolute Gasteiger partial charge is 0.487 e. The van der Waals surface area contributed by atoms with Crippen LogP contribution in [0.25, 0.3) is 5.65 Å². The van der Waals surface area contributed by atoms with Crippen molar-refractivity contribution in [2.24, 2.45) is 0 Å². The summed E-state index contributed by atoms with van der Waals surface area (Å²) in [6.07, 6.45) is 3.89. The molecule has 0 bridgehead atoms. The number of amides is 1. The standard InChI is InChI=1S/C22H27N5O4S/c1-17-5-4-10-26-15-19(23-21(17)26)16-31-20-8-6-18(7-9-20)22(28)25-11-13-27(14-12-25)32(29,30)24(2)3/h4-10,15H,11-14,16H2,1-3H3. The van der Waals surface area contributed by atoms with Crippen molar-refractivity contribution >= 4 is 21.8 Å². The predicted octanol–water partition coefficient (Wildman–Crippen LogP) is 1.79. The van der Waals surface area contributed by atoms with Gasteiger partial charge in [-0.25, -0.2) is 4.98 Å². The fourth-order valence-electron chi connectivity index (χ4n) is 3.66. The molecule has 1 aliphatic rings. The molecule has 0 atom stereocenters. The van der Waals surface area contributed by atoms with E-state index < -0.39 is 10.2 Å². The van der Waals surface area contributed by atoms with Crippen LogP contribution >= 0.6 is 0 Å². The van der Waals surface area contributed by atoms with Crippen LogP contribution in [0.4, 0.5) is 0 Å². The van der Waals surface area contributed by atoms with Crippen LogP contribution in [0.3, 0.4) is 0 Å². The maximum atomic E-state index is 12.8. The summed E-state index contributed by atoms with van der Waals surface area (Å²) in [5.74, 6) is 0.534. The Morgan fingerprint density at radius 3 is 2.41 bits per heavy atom. The number of aryl methyl sites for hydroxylation is 1. The van der Waals surface area contributed by atoms with Crippen LogP contribution in [0.5, 0.6) is 5.75 Å². The van der Waals surface area contributed by atoms with Crippen molar-refractivity contribution < 1.29 is 17.9 Å². The Bertz CT molecular complexity index is 1210. The minimum Gasteiger partial charge on any atom is -0.487 e. The Hall–Kier alpha value is -2.95. The minimum absolute atomic E-state index is 0.116. The van der Waals surface area contributed by atoms with E-state index in [-0.39, 0.29) is 19.0 Å². The molecule has 10 heteroatoms. The van der Waals surface area contributed by atoms with E-state index in [0.29, 0.717) is 31.0 Å². The lowest BCUT2D eigenvalue weighted by Crippen LogP contribution is -2.53. The van der Waals surface area contributed by atoms with Gasteiger partial charge in [0.05, 0.1) is 5.69 Å². The first-order chi connectivity index (χ1) is 15.3. The van der Waals surface area contributed by atoms with Gasteiger partial charge in [0.15, 0.2) is 0 Å². The third kappa shape index (κ3) is 4.47. The highest BCUT2D eigenvalue weighted by molar-refractivity contribution is 7.86. The Labute approximate surface area is 188 Å². The number of imidazole rings is 1. The van der Waals surface area contributed by atoms with Gasteiger partial charge in [0.25, 0.3) is 16.1 Å². The molecule has 170 valence electrons. The Morgan fingerprint density at radius 2 is 1.78 bits per heavy atom. The number of hydrogen-bond donors (Lipinski definition) is 0. The molecule has 4 rings (SSSR count). The van der Waals surface area contributed by atoms with Crippen LogP contribution in [-0.2, 0) is 16.8 Å². The lowest BCUT2D eigenvalue weighted by Gasteiger charge is -2.35. The molecule has 3 aromatic rings. The van der Waals surface area contributed by atoms with Gasteiger partial charge in [0.2, 0.25) is 0 Å². The number of nitrogens with zero attached hydrogens (tertiary/aromatic N) is 5. The molecule has 0 saturated carbocycles. The fraction of sp³-hybridized carbons (Fsp3) is 0.364. The van der Waals surface area contributed by atoms with Crippen LogP contribution in [0.2, 0.25) is 0 Å². The zero-order chi connectivity index (χ0) is 22.9. The monoisotopic (exact) mass is 457 g/mol. The number of pyridine rings is 1. The summed E-state index contributed by atoms with van der Waals surface area (Å²) in [4.78, 5) is 19.1. The van der Waals surface area contributed by atoms with Gasteiger partial charge < -0.3 is 14.0 Å². The van der Waals surface area contributed by atoms with E-state index in [1.807, 2.05) is 35.9 Å². The Balaban J connectivity index is 1.34. The van der Waals surface area contributed by atoms with Gasteiger partial charge in [-0.1, -0.05) is 6.07 Å². The van der Waals surface area contributed by atoms with E-state index in [2.05, 4.69) is 4.98 Å². The van der Waals surface area contributed by atoms with Crippen molar-refractivity contribution in [2.45, 2.75) is 13.5 Å². The highest BCUT2D eigenvalue weighted by atomic mass is 32.2. The van der Waals surface area contributed by atoms with Gasteiger partial charge >= 0.3 is 0 Å². The average Bonchev–Trinajstić information content (AvgIpc) is 3.22. The Kier molecular flexibility index (Phi) is 6.18. The molecule has 9 nitrogen and oxygen atoms in total. The number of fused-ring (bicyclic) bond motifs is 1. The third-order valence-electron chi connectivity index (χ3n) is 5.53. The molecule has 1 amide bonds. The summed E-state index contributed by atoms with van der Waals surface area (Å²) in [5, 5.41) is 0. The molecule has 1 aliphatic heterocycles. The lowest BCUT2D eigenvalue weighted by molar-refractivity contribution is 0.0695. The molecular weight excluding hydrogens is 430 g/mol. The number of piperazine rings is 1. The quantitative estimate of drug-likeness (QED) is 0.563. The molecule has 2 aromatic heterocycles. The van der Waals surface area contributed by atoms with Gasteiger partial charge in [0, 0.05) is 58.2 Å².